The van der Waals surface area contributed by atoms with Gasteiger partial charge in [0.25, 0.3) is 0 Å². The molecule has 1 saturated heterocycles. The lowest BCUT2D eigenvalue weighted by Crippen LogP contribution is -2.31. The van der Waals surface area contributed by atoms with Crippen LogP contribution in [0, 0.1) is 5.92 Å². The van der Waals surface area contributed by atoms with Gasteiger partial charge in [0, 0.05) is 6.42 Å². The number of hydrazine groups is 1. The molecule has 1 heterocycles. The molecule has 1 aliphatic heterocycles. The highest BCUT2D eigenvalue weighted by atomic mass is 16.5. The molecule has 0 radical (unpaired) electrons. The van der Waals surface area contributed by atoms with Crippen LogP contribution < -0.4 is 15.6 Å². The highest BCUT2D eigenvalue weighted by Crippen LogP contribution is 2.26. The minimum Gasteiger partial charge on any atom is -0.480 e. The fraction of sp³-hybridized carbons (Fsp3) is 0.300. The number of carbonyl (C=O) groups is 1. The van der Waals surface area contributed by atoms with E-state index in [4.69, 9.17) is 4.74 Å². The van der Waals surface area contributed by atoms with Crippen molar-refractivity contribution in [1.82, 2.24) is 10.9 Å². The van der Waals surface area contributed by atoms with E-state index in [9.17, 15) is 9.90 Å². The predicted molar refractivity (Wildman–Crippen MR) is 100 cm³/mol. The van der Waals surface area contributed by atoms with Gasteiger partial charge in [-0.05, 0) is 35.7 Å². The summed E-state index contributed by atoms with van der Waals surface area (Å²) < 4.78 is 5.80. The van der Waals surface area contributed by atoms with E-state index in [2.05, 4.69) is 15.8 Å². The van der Waals surface area contributed by atoms with Gasteiger partial charge in [-0.2, -0.15) is 0 Å². The van der Waals surface area contributed by atoms with Crippen molar-refractivity contribution in [3.05, 3.63) is 60.2 Å². The van der Waals surface area contributed by atoms with Crippen molar-refractivity contribution in [2.75, 3.05) is 0 Å². The molecule has 0 bridgehead atoms. The van der Waals surface area contributed by atoms with Crippen LogP contribution in [0.3, 0.4) is 0 Å². The van der Waals surface area contributed by atoms with Gasteiger partial charge in [0.15, 0.2) is 6.04 Å². The molecule has 0 aromatic heterocycles. The third-order valence-corrected chi connectivity index (χ3v) is 4.23. The quantitative estimate of drug-likeness (QED) is 0.740. The molecule has 1 aliphatic rings. The number of amidine groups is 1. The van der Waals surface area contributed by atoms with Crippen LogP contribution in [-0.2, 0) is 4.79 Å². The zero-order chi connectivity index (χ0) is 18.5. The summed E-state index contributed by atoms with van der Waals surface area (Å²) in [6.45, 7) is 3.71. The van der Waals surface area contributed by atoms with Gasteiger partial charge in [-0.25, -0.2) is 10.2 Å². The van der Waals surface area contributed by atoms with E-state index < -0.39 is 12.0 Å². The Morgan fingerprint density at radius 3 is 2.38 bits per heavy atom. The van der Waals surface area contributed by atoms with Crippen LogP contribution in [0.4, 0.5) is 0 Å². The van der Waals surface area contributed by atoms with E-state index in [-0.39, 0.29) is 12.0 Å². The van der Waals surface area contributed by atoms with Crippen molar-refractivity contribution in [1.29, 1.82) is 0 Å². The maximum atomic E-state index is 11.3. The Kier molecular flexibility index (Phi) is 5.53. The number of nitrogens with zero attached hydrogens (tertiary/aromatic N) is 1. The van der Waals surface area contributed by atoms with E-state index in [1.807, 2.05) is 68.4 Å². The van der Waals surface area contributed by atoms with Crippen LogP contribution in [0.25, 0.3) is 0 Å². The molecule has 6 nitrogen and oxygen atoms in total. The fourth-order valence-corrected chi connectivity index (χ4v) is 2.80. The lowest BCUT2D eigenvalue weighted by atomic mass is 10.0. The molecular formula is C20H23N3O3. The van der Waals surface area contributed by atoms with Crippen molar-refractivity contribution < 1.29 is 14.6 Å². The van der Waals surface area contributed by atoms with Crippen LogP contribution in [0.15, 0.2) is 59.6 Å². The van der Waals surface area contributed by atoms with Crippen LogP contribution >= 0.6 is 0 Å². The lowest BCUT2D eigenvalue weighted by Gasteiger charge is -2.12. The third kappa shape index (κ3) is 4.40. The Morgan fingerprint density at radius 2 is 1.77 bits per heavy atom. The molecule has 2 aromatic rings. The molecule has 6 heteroatoms. The molecule has 1 fully saturated rings. The molecule has 0 spiro atoms. The number of carboxylic acids is 1. The number of benzene rings is 2. The first kappa shape index (κ1) is 17.9. The molecule has 3 N–H and O–H groups in total. The Hall–Kier alpha value is -2.86. The second-order valence-electron chi connectivity index (χ2n) is 6.61. The number of aliphatic imine (C=N–C) groups is 1. The molecule has 136 valence electrons. The van der Waals surface area contributed by atoms with Crippen molar-refractivity contribution in [3.8, 4) is 11.5 Å². The molecule has 2 atom stereocenters. The van der Waals surface area contributed by atoms with Crippen molar-refractivity contribution in [2.45, 2.75) is 32.4 Å². The van der Waals surface area contributed by atoms with Gasteiger partial charge < -0.3 is 15.3 Å². The summed E-state index contributed by atoms with van der Waals surface area (Å²) in [5.74, 6) is 1.27. The van der Waals surface area contributed by atoms with E-state index >= 15 is 0 Å². The monoisotopic (exact) mass is 353 g/mol. The number of hydrogen-bond donors (Lipinski definition) is 3. The van der Waals surface area contributed by atoms with E-state index in [1.54, 1.807) is 0 Å². The minimum absolute atomic E-state index is 0.0427. The number of rotatable bonds is 6. The molecule has 0 aliphatic carbocycles. The Balaban J connectivity index is 1.64. The number of carboxylic acid groups (broad SMARTS) is 1. The predicted octanol–water partition coefficient (Wildman–Crippen LogP) is 3.53. The highest BCUT2D eigenvalue weighted by molar-refractivity contribution is 5.87. The third-order valence-electron chi connectivity index (χ3n) is 4.23. The molecule has 0 amide bonds. The minimum atomic E-state index is -0.903. The summed E-state index contributed by atoms with van der Waals surface area (Å²) in [7, 11) is 0. The van der Waals surface area contributed by atoms with Gasteiger partial charge in [0.05, 0.1) is 6.04 Å². The van der Waals surface area contributed by atoms with Crippen LogP contribution in [0.1, 0.15) is 31.9 Å². The van der Waals surface area contributed by atoms with E-state index in [0.717, 1.165) is 17.1 Å². The van der Waals surface area contributed by atoms with Gasteiger partial charge >= 0.3 is 5.97 Å². The Labute approximate surface area is 152 Å². The number of ether oxygens (including phenoxy) is 1. The zero-order valence-corrected chi connectivity index (χ0v) is 14.8. The average Bonchev–Trinajstić information content (AvgIpc) is 3.09. The lowest BCUT2D eigenvalue weighted by molar-refractivity contribution is -0.139. The molecule has 26 heavy (non-hydrogen) atoms. The van der Waals surface area contributed by atoms with Gasteiger partial charge in [-0.15, -0.1) is 0 Å². The fourth-order valence-electron chi connectivity index (χ4n) is 2.80. The number of para-hydroxylation sites is 1. The van der Waals surface area contributed by atoms with E-state index in [0.29, 0.717) is 12.3 Å². The summed E-state index contributed by atoms with van der Waals surface area (Å²) in [6.07, 6.45) is 0.620. The first-order chi connectivity index (χ1) is 12.5. The molecule has 3 rings (SSSR count). The summed E-state index contributed by atoms with van der Waals surface area (Å²) in [5, 5.41) is 9.27. The Morgan fingerprint density at radius 1 is 1.12 bits per heavy atom. The maximum Gasteiger partial charge on any atom is 0.328 e. The summed E-state index contributed by atoms with van der Waals surface area (Å²) >= 11 is 0. The van der Waals surface area contributed by atoms with Gasteiger partial charge in [-0.3, -0.25) is 4.99 Å². The summed E-state index contributed by atoms with van der Waals surface area (Å²) in [4.78, 5) is 15.6. The van der Waals surface area contributed by atoms with Crippen LogP contribution in [-0.4, -0.2) is 23.0 Å². The zero-order valence-electron chi connectivity index (χ0n) is 14.8. The van der Waals surface area contributed by atoms with Crippen molar-refractivity contribution in [3.63, 3.8) is 0 Å². The number of hydrogen-bond acceptors (Lipinski definition) is 4. The second kappa shape index (κ2) is 8.01. The largest absolute Gasteiger partial charge is 0.480 e. The van der Waals surface area contributed by atoms with E-state index in [1.165, 1.54) is 0 Å². The average molecular weight is 353 g/mol. The summed E-state index contributed by atoms with van der Waals surface area (Å²) in [5.41, 5.74) is 7.25. The molecular weight excluding hydrogens is 330 g/mol. The van der Waals surface area contributed by atoms with Crippen LogP contribution in [0.5, 0.6) is 11.5 Å². The highest BCUT2D eigenvalue weighted by Gasteiger charge is 2.26. The molecule has 1 unspecified atom stereocenters. The first-order valence-corrected chi connectivity index (χ1v) is 8.67. The number of aliphatic carboxylic acids is 1. The molecule has 2 aromatic carbocycles. The van der Waals surface area contributed by atoms with Crippen LogP contribution in [0.2, 0.25) is 0 Å². The normalized spacial score (nSPS) is 19.3. The standard InChI is InChI=1S/C20H23N3O3/c1-13(2)19(20(24)25)21-18-12-17(22-23-18)14-8-10-16(11-9-14)26-15-6-4-3-5-7-15/h3-11,13,17,19,22H,12H2,1-2H3,(H,21,23)(H,24,25)/t17?,19-/m1/s1. The van der Waals surface area contributed by atoms with Crippen molar-refractivity contribution in [2.24, 2.45) is 10.9 Å². The SMILES string of the molecule is CC(C)[C@@H](N=C1CC(c2ccc(Oc3ccccc3)cc2)NN1)C(=O)O. The maximum absolute atomic E-state index is 11.3. The van der Waals surface area contributed by atoms with Gasteiger partial charge in [0.1, 0.15) is 17.3 Å². The Bertz CT molecular complexity index is 773. The number of nitrogens with one attached hydrogen (secondary N) is 2. The first-order valence-electron chi connectivity index (χ1n) is 8.67. The topological polar surface area (TPSA) is 83.0 Å². The molecule has 0 saturated carbocycles. The summed E-state index contributed by atoms with van der Waals surface area (Å²) in [6, 6.07) is 16.8. The van der Waals surface area contributed by atoms with Crippen molar-refractivity contribution >= 4 is 11.8 Å². The van der Waals surface area contributed by atoms with Gasteiger partial charge in [0.2, 0.25) is 0 Å². The van der Waals surface area contributed by atoms with Gasteiger partial charge in [-0.1, -0.05) is 44.2 Å². The smallest absolute Gasteiger partial charge is 0.328 e. The second-order valence-corrected chi connectivity index (χ2v) is 6.61.